The monoisotopic (exact) mass is 601 g/mol. The average Bonchev–Trinajstić information content (AvgIpc) is 3.36. The molecule has 1 heterocycles. The highest BCUT2D eigenvalue weighted by Crippen LogP contribution is 2.19. The summed E-state index contributed by atoms with van der Waals surface area (Å²) >= 11 is 5.47. The molecule has 0 aliphatic rings. The molecule has 3 rings (SSSR count). The van der Waals surface area contributed by atoms with Gasteiger partial charge in [0, 0.05) is 29.3 Å². The van der Waals surface area contributed by atoms with E-state index >= 15 is 0 Å². The fourth-order valence-corrected chi connectivity index (χ4v) is 4.94. The van der Waals surface area contributed by atoms with Crippen LogP contribution in [0.1, 0.15) is 17.5 Å². The number of nitrogens with one attached hydrogen (secondary N) is 4. The van der Waals surface area contributed by atoms with Crippen LogP contribution in [0, 0.1) is 0 Å². The second-order valence-corrected chi connectivity index (χ2v) is 10.9. The van der Waals surface area contributed by atoms with Crippen molar-refractivity contribution in [1.29, 1.82) is 0 Å². The molecule has 0 aliphatic heterocycles. The molecule has 0 saturated carbocycles. The van der Waals surface area contributed by atoms with Gasteiger partial charge in [0.05, 0.1) is 6.04 Å². The number of aromatic amines is 1. The zero-order valence-corrected chi connectivity index (χ0v) is 24.2. The number of thioether (sulfide) groups is 1. The number of amides is 3. The summed E-state index contributed by atoms with van der Waals surface area (Å²) in [5.41, 5.74) is 8.64. The first-order chi connectivity index (χ1) is 19.6. The van der Waals surface area contributed by atoms with Gasteiger partial charge in [-0.05, 0) is 54.2 Å². The van der Waals surface area contributed by atoms with Crippen LogP contribution in [0.4, 0.5) is 0 Å². The van der Waals surface area contributed by atoms with Gasteiger partial charge in [-0.15, -0.1) is 0 Å². The predicted molar refractivity (Wildman–Crippen MR) is 162 cm³/mol. The van der Waals surface area contributed by atoms with E-state index in [4.69, 9.17) is 5.73 Å². The molecular formula is C28H35N5O6S2. The van der Waals surface area contributed by atoms with E-state index in [2.05, 4.69) is 33.6 Å². The first-order valence-corrected chi connectivity index (χ1v) is 15.0. The Balaban J connectivity index is 1.74. The standard InChI is InChI=1S/C28H35N5O6S2/c1-41-11-10-22(31-25(35)20(29)13-17-14-30-21-5-3-2-4-19(17)21)26(36)32-23(12-16-6-8-18(34)9-7-16)27(37)33-24(15-40)28(38)39/h2-9,14,20,22-24,30,34,40H,10-13,15,29H2,1H3,(H,31,35)(H,32,36)(H,33,37)(H,38,39). The number of carbonyl (C=O) groups is 4. The number of thiol groups is 1. The molecule has 13 heteroatoms. The summed E-state index contributed by atoms with van der Waals surface area (Å²) in [7, 11) is 0. The van der Waals surface area contributed by atoms with Crippen LogP contribution in [0.25, 0.3) is 10.9 Å². The largest absolute Gasteiger partial charge is 0.508 e. The van der Waals surface area contributed by atoms with Crippen molar-refractivity contribution >= 4 is 59.0 Å². The third-order valence-corrected chi connectivity index (χ3v) is 7.51. The SMILES string of the molecule is CSCCC(NC(=O)C(N)Cc1c[nH]c2ccccc12)C(=O)NC(Cc1ccc(O)cc1)C(=O)NC(CS)C(=O)O. The van der Waals surface area contributed by atoms with Gasteiger partial charge < -0.3 is 36.9 Å². The molecule has 0 radical (unpaired) electrons. The maximum atomic E-state index is 13.4. The molecule has 8 N–H and O–H groups in total. The molecule has 4 unspecified atom stereocenters. The second kappa shape index (κ2) is 15.4. The zero-order valence-electron chi connectivity index (χ0n) is 22.5. The number of benzene rings is 2. The lowest BCUT2D eigenvalue weighted by Crippen LogP contribution is -2.58. The van der Waals surface area contributed by atoms with Crippen LogP contribution in [-0.2, 0) is 32.0 Å². The van der Waals surface area contributed by atoms with Gasteiger partial charge in [0.1, 0.15) is 23.9 Å². The lowest BCUT2D eigenvalue weighted by atomic mass is 10.0. The number of hydrogen-bond acceptors (Lipinski definition) is 8. The first kappa shape index (κ1) is 31.8. The predicted octanol–water partition coefficient (Wildman–Crippen LogP) is 1.21. The molecule has 0 bridgehead atoms. The Hall–Kier alpha value is -3.68. The molecule has 3 amide bonds. The molecule has 41 heavy (non-hydrogen) atoms. The molecule has 1 aromatic heterocycles. The highest BCUT2D eigenvalue weighted by molar-refractivity contribution is 7.98. The molecule has 0 saturated heterocycles. The van der Waals surface area contributed by atoms with Crippen molar-refractivity contribution in [2.24, 2.45) is 5.73 Å². The third kappa shape index (κ3) is 9.17. The number of carboxylic acids is 1. The van der Waals surface area contributed by atoms with Crippen molar-refractivity contribution in [3.8, 4) is 5.75 Å². The topological polar surface area (TPSA) is 187 Å². The van der Waals surface area contributed by atoms with Gasteiger partial charge in [-0.25, -0.2) is 4.79 Å². The van der Waals surface area contributed by atoms with E-state index in [0.29, 0.717) is 11.3 Å². The number of phenolic OH excluding ortho intramolecular Hbond substituents is 1. The van der Waals surface area contributed by atoms with Gasteiger partial charge in [-0.3, -0.25) is 14.4 Å². The summed E-state index contributed by atoms with van der Waals surface area (Å²) in [5, 5.41) is 27.7. The van der Waals surface area contributed by atoms with E-state index in [1.807, 2.05) is 30.5 Å². The summed E-state index contributed by atoms with van der Waals surface area (Å²) < 4.78 is 0. The number of carbonyl (C=O) groups excluding carboxylic acids is 3. The number of carboxylic acid groups (broad SMARTS) is 1. The van der Waals surface area contributed by atoms with Crippen LogP contribution in [0.3, 0.4) is 0 Å². The number of fused-ring (bicyclic) bond motifs is 1. The summed E-state index contributed by atoms with van der Waals surface area (Å²) in [5.74, 6) is -2.69. The highest BCUT2D eigenvalue weighted by Gasteiger charge is 2.30. The van der Waals surface area contributed by atoms with E-state index in [-0.39, 0.29) is 30.8 Å². The first-order valence-electron chi connectivity index (χ1n) is 12.9. The minimum absolute atomic E-state index is 0.0139. The van der Waals surface area contributed by atoms with Crippen molar-refractivity contribution in [2.75, 3.05) is 17.8 Å². The van der Waals surface area contributed by atoms with E-state index in [1.54, 1.807) is 18.3 Å². The minimum atomic E-state index is -1.27. The Bertz CT molecular complexity index is 1350. The quantitative estimate of drug-likeness (QED) is 0.119. The Morgan fingerprint density at radius 1 is 0.927 bits per heavy atom. The summed E-state index contributed by atoms with van der Waals surface area (Å²) in [6.07, 6.45) is 4.21. The minimum Gasteiger partial charge on any atom is -0.508 e. The van der Waals surface area contributed by atoms with Gasteiger partial charge in [-0.1, -0.05) is 30.3 Å². The van der Waals surface area contributed by atoms with Crippen molar-refractivity contribution < 1.29 is 29.4 Å². The van der Waals surface area contributed by atoms with Gasteiger partial charge in [0.25, 0.3) is 0 Å². The van der Waals surface area contributed by atoms with E-state index in [1.165, 1.54) is 23.9 Å². The fraction of sp³-hybridized carbons (Fsp3) is 0.357. The molecular weight excluding hydrogens is 566 g/mol. The van der Waals surface area contributed by atoms with E-state index < -0.39 is 47.9 Å². The van der Waals surface area contributed by atoms with Crippen molar-refractivity contribution in [3.05, 3.63) is 65.9 Å². The van der Waals surface area contributed by atoms with Crippen LogP contribution < -0.4 is 21.7 Å². The number of aromatic nitrogens is 1. The Morgan fingerprint density at radius 3 is 2.22 bits per heavy atom. The third-order valence-electron chi connectivity index (χ3n) is 6.50. The number of nitrogens with two attached hydrogens (primary N) is 1. The lowest BCUT2D eigenvalue weighted by molar-refractivity contribution is -0.141. The average molecular weight is 602 g/mol. The Kier molecular flexibility index (Phi) is 11.9. The smallest absolute Gasteiger partial charge is 0.327 e. The van der Waals surface area contributed by atoms with Gasteiger partial charge >= 0.3 is 5.97 Å². The summed E-state index contributed by atoms with van der Waals surface area (Å²) in [4.78, 5) is 54.2. The number of aliphatic carboxylic acids is 1. The van der Waals surface area contributed by atoms with E-state index in [9.17, 15) is 29.4 Å². The van der Waals surface area contributed by atoms with Gasteiger partial charge in [-0.2, -0.15) is 24.4 Å². The molecule has 3 aromatic rings. The molecule has 0 spiro atoms. The molecule has 220 valence electrons. The number of aromatic hydroxyl groups is 1. The van der Waals surface area contributed by atoms with Gasteiger partial charge in [0.15, 0.2) is 0 Å². The molecule has 0 fully saturated rings. The lowest BCUT2D eigenvalue weighted by Gasteiger charge is -2.25. The maximum absolute atomic E-state index is 13.4. The van der Waals surface area contributed by atoms with Crippen molar-refractivity contribution in [3.63, 3.8) is 0 Å². The number of H-pyrrole nitrogens is 1. The molecule has 11 nitrogen and oxygen atoms in total. The van der Waals surface area contributed by atoms with Crippen LogP contribution >= 0.6 is 24.4 Å². The fourth-order valence-electron chi connectivity index (χ4n) is 4.22. The van der Waals surface area contributed by atoms with Crippen LogP contribution in [0.5, 0.6) is 5.75 Å². The number of hydrogen-bond donors (Lipinski definition) is 8. The zero-order chi connectivity index (χ0) is 29.9. The van der Waals surface area contributed by atoms with Crippen LogP contribution in [0.2, 0.25) is 0 Å². The number of rotatable bonds is 15. The Labute approximate surface area is 247 Å². The number of para-hydroxylation sites is 1. The summed E-state index contributed by atoms with van der Waals surface area (Å²) in [6, 6.07) is 9.37. The highest BCUT2D eigenvalue weighted by atomic mass is 32.2. The van der Waals surface area contributed by atoms with Crippen LogP contribution in [-0.4, -0.2) is 80.8 Å². The Morgan fingerprint density at radius 2 is 1.56 bits per heavy atom. The molecule has 4 atom stereocenters. The van der Waals surface area contributed by atoms with Crippen molar-refractivity contribution in [1.82, 2.24) is 20.9 Å². The molecule has 0 aliphatic carbocycles. The van der Waals surface area contributed by atoms with E-state index in [0.717, 1.165) is 16.5 Å². The van der Waals surface area contributed by atoms with Crippen LogP contribution in [0.15, 0.2) is 54.7 Å². The van der Waals surface area contributed by atoms with Gasteiger partial charge in [0.2, 0.25) is 17.7 Å². The number of phenols is 1. The normalized spacial score (nSPS) is 14.0. The molecule has 2 aromatic carbocycles. The maximum Gasteiger partial charge on any atom is 0.327 e. The second-order valence-electron chi connectivity index (χ2n) is 9.53. The summed E-state index contributed by atoms with van der Waals surface area (Å²) in [6.45, 7) is 0. The van der Waals surface area contributed by atoms with Crippen molar-refractivity contribution in [2.45, 2.75) is 43.4 Å².